The molecular formula is C15H28N4O2. The fraction of sp³-hybridized carbons (Fsp3) is 0.867. The van der Waals surface area contributed by atoms with Crippen LogP contribution in [0.25, 0.3) is 0 Å². The van der Waals surface area contributed by atoms with Crippen LogP contribution in [0, 0.1) is 0 Å². The molecule has 2 N–H and O–H groups in total. The average molecular weight is 296 g/mol. The molecule has 120 valence electrons. The molecule has 2 aliphatic rings. The van der Waals surface area contributed by atoms with Crippen LogP contribution in [0.4, 0.5) is 0 Å². The lowest BCUT2D eigenvalue weighted by molar-refractivity contribution is -0.134. The van der Waals surface area contributed by atoms with Crippen LogP contribution in [0.1, 0.15) is 32.6 Å². The Hall–Kier alpha value is -1.14. The number of hydrogen-bond donors (Lipinski definition) is 2. The molecule has 1 aliphatic heterocycles. The van der Waals surface area contributed by atoms with Crippen LogP contribution >= 0.6 is 0 Å². The molecule has 0 aromatic rings. The van der Waals surface area contributed by atoms with E-state index in [1.54, 1.807) is 0 Å². The van der Waals surface area contributed by atoms with E-state index >= 15 is 0 Å². The van der Waals surface area contributed by atoms with E-state index in [1.807, 2.05) is 23.8 Å². The summed E-state index contributed by atoms with van der Waals surface area (Å²) in [5.74, 6) is 0.150. The summed E-state index contributed by atoms with van der Waals surface area (Å²) in [4.78, 5) is 28.1. The normalized spacial score (nSPS) is 21.6. The summed E-state index contributed by atoms with van der Waals surface area (Å²) in [6.07, 6.45) is 4.58. The predicted molar refractivity (Wildman–Crippen MR) is 81.9 cm³/mol. The molecule has 2 rings (SSSR count). The molecule has 0 aromatic carbocycles. The third-order valence-electron chi connectivity index (χ3n) is 4.60. The Morgan fingerprint density at radius 2 is 1.90 bits per heavy atom. The quantitative estimate of drug-likeness (QED) is 0.737. The molecule has 1 heterocycles. The van der Waals surface area contributed by atoms with E-state index in [0.29, 0.717) is 12.6 Å². The average Bonchev–Trinajstić information content (AvgIpc) is 3.00. The van der Waals surface area contributed by atoms with Crippen LogP contribution < -0.4 is 10.6 Å². The monoisotopic (exact) mass is 296 g/mol. The highest BCUT2D eigenvalue weighted by Crippen LogP contribution is 2.17. The minimum atomic E-state index is -0.266. The second kappa shape index (κ2) is 7.75. The fourth-order valence-corrected chi connectivity index (χ4v) is 2.96. The summed E-state index contributed by atoms with van der Waals surface area (Å²) in [5.41, 5.74) is 0. The number of piperazine rings is 1. The van der Waals surface area contributed by atoms with Crippen LogP contribution in [0.15, 0.2) is 0 Å². The van der Waals surface area contributed by atoms with Gasteiger partial charge in [0, 0.05) is 32.2 Å². The second-order valence-electron chi connectivity index (χ2n) is 6.21. The van der Waals surface area contributed by atoms with Gasteiger partial charge in [-0.25, -0.2) is 0 Å². The van der Waals surface area contributed by atoms with Crippen LogP contribution in [-0.2, 0) is 9.59 Å². The summed E-state index contributed by atoms with van der Waals surface area (Å²) in [7, 11) is 1.85. The van der Waals surface area contributed by atoms with Crippen LogP contribution in [0.3, 0.4) is 0 Å². The van der Waals surface area contributed by atoms with Gasteiger partial charge in [0.2, 0.25) is 11.8 Å². The molecule has 2 amide bonds. The summed E-state index contributed by atoms with van der Waals surface area (Å²) in [5, 5.41) is 6.33. The van der Waals surface area contributed by atoms with Gasteiger partial charge < -0.3 is 15.5 Å². The highest BCUT2D eigenvalue weighted by atomic mass is 16.2. The van der Waals surface area contributed by atoms with Crippen molar-refractivity contribution >= 4 is 11.8 Å². The Bertz CT molecular complexity index is 363. The maximum Gasteiger partial charge on any atom is 0.237 e. The Morgan fingerprint density at radius 1 is 1.29 bits per heavy atom. The lowest BCUT2D eigenvalue weighted by atomic mass is 10.2. The van der Waals surface area contributed by atoms with E-state index in [4.69, 9.17) is 0 Å². The van der Waals surface area contributed by atoms with Crippen molar-refractivity contribution in [3.63, 3.8) is 0 Å². The van der Waals surface area contributed by atoms with Crippen LogP contribution in [0.5, 0.6) is 0 Å². The molecule has 1 atom stereocenters. The standard InChI is InChI=1S/C15H28N4O2/c1-12(15(21)17-13-5-3-4-6-13)18(2)11-14(20)19-9-7-16-8-10-19/h12-13,16H,3-11H2,1-2H3,(H,17,21). The first-order valence-electron chi connectivity index (χ1n) is 8.07. The van der Waals surface area contributed by atoms with Crippen molar-refractivity contribution in [2.75, 3.05) is 39.8 Å². The van der Waals surface area contributed by atoms with Crippen molar-refractivity contribution in [3.05, 3.63) is 0 Å². The van der Waals surface area contributed by atoms with Crippen molar-refractivity contribution in [3.8, 4) is 0 Å². The van der Waals surface area contributed by atoms with Gasteiger partial charge in [-0.2, -0.15) is 0 Å². The SMILES string of the molecule is CC(C(=O)NC1CCCC1)N(C)CC(=O)N1CCNCC1. The smallest absolute Gasteiger partial charge is 0.237 e. The summed E-state index contributed by atoms with van der Waals surface area (Å²) < 4.78 is 0. The van der Waals surface area contributed by atoms with E-state index in [9.17, 15) is 9.59 Å². The van der Waals surface area contributed by atoms with Crippen LogP contribution in [-0.4, -0.2) is 73.5 Å². The summed E-state index contributed by atoms with van der Waals surface area (Å²) in [6.45, 7) is 5.40. The highest BCUT2D eigenvalue weighted by molar-refractivity contribution is 5.83. The van der Waals surface area contributed by atoms with E-state index in [2.05, 4.69) is 10.6 Å². The first-order valence-corrected chi connectivity index (χ1v) is 8.07. The lowest BCUT2D eigenvalue weighted by Gasteiger charge is -2.31. The van der Waals surface area contributed by atoms with Gasteiger partial charge in [0.1, 0.15) is 0 Å². The molecular weight excluding hydrogens is 268 g/mol. The molecule has 21 heavy (non-hydrogen) atoms. The molecule has 2 fully saturated rings. The molecule has 1 unspecified atom stereocenters. The summed E-state index contributed by atoms with van der Waals surface area (Å²) in [6, 6.07) is 0.0645. The molecule has 0 radical (unpaired) electrons. The van der Waals surface area contributed by atoms with Gasteiger partial charge in [-0.15, -0.1) is 0 Å². The number of rotatable bonds is 5. The zero-order valence-corrected chi connectivity index (χ0v) is 13.2. The third kappa shape index (κ3) is 4.68. The van der Waals surface area contributed by atoms with E-state index in [1.165, 1.54) is 12.8 Å². The Kier molecular flexibility index (Phi) is 5.99. The zero-order valence-electron chi connectivity index (χ0n) is 13.2. The van der Waals surface area contributed by atoms with Crippen molar-refractivity contribution in [1.29, 1.82) is 0 Å². The number of hydrogen-bond acceptors (Lipinski definition) is 4. The molecule has 0 aromatic heterocycles. The van der Waals surface area contributed by atoms with Crippen molar-refractivity contribution in [1.82, 2.24) is 20.4 Å². The maximum atomic E-state index is 12.2. The topological polar surface area (TPSA) is 64.7 Å². The largest absolute Gasteiger partial charge is 0.352 e. The first kappa shape index (κ1) is 16.2. The van der Waals surface area contributed by atoms with Crippen molar-refractivity contribution in [2.24, 2.45) is 0 Å². The maximum absolute atomic E-state index is 12.2. The number of amides is 2. The minimum absolute atomic E-state index is 0.0394. The van der Waals surface area contributed by atoms with Crippen molar-refractivity contribution < 1.29 is 9.59 Å². The van der Waals surface area contributed by atoms with Gasteiger partial charge in [-0.1, -0.05) is 12.8 Å². The van der Waals surface area contributed by atoms with E-state index in [0.717, 1.165) is 39.0 Å². The molecule has 6 heteroatoms. The van der Waals surface area contributed by atoms with Crippen molar-refractivity contribution in [2.45, 2.75) is 44.7 Å². The predicted octanol–water partition coefficient (Wildman–Crippen LogP) is -0.203. The molecule has 0 bridgehead atoms. The van der Waals surface area contributed by atoms with Gasteiger partial charge in [-0.3, -0.25) is 14.5 Å². The molecule has 1 saturated heterocycles. The van der Waals surface area contributed by atoms with Gasteiger partial charge >= 0.3 is 0 Å². The Labute approximate surface area is 127 Å². The van der Waals surface area contributed by atoms with Gasteiger partial charge in [0.05, 0.1) is 12.6 Å². The number of nitrogens with one attached hydrogen (secondary N) is 2. The summed E-state index contributed by atoms with van der Waals surface area (Å²) >= 11 is 0. The Morgan fingerprint density at radius 3 is 2.52 bits per heavy atom. The van der Waals surface area contributed by atoms with Gasteiger partial charge in [0.15, 0.2) is 0 Å². The zero-order chi connectivity index (χ0) is 15.2. The molecule has 6 nitrogen and oxygen atoms in total. The van der Waals surface area contributed by atoms with Crippen LogP contribution in [0.2, 0.25) is 0 Å². The highest BCUT2D eigenvalue weighted by Gasteiger charge is 2.25. The molecule has 1 saturated carbocycles. The first-order chi connectivity index (χ1) is 10.1. The number of carbonyl (C=O) groups is 2. The lowest BCUT2D eigenvalue weighted by Crippen LogP contribution is -2.52. The van der Waals surface area contributed by atoms with E-state index < -0.39 is 0 Å². The van der Waals surface area contributed by atoms with E-state index in [-0.39, 0.29) is 17.9 Å². The number of nitrogens with zero attached hydrogens (tertiary/aromatic N) is 2. The molecule has 1 aliphatic carbocycles. The minimum Gasteiger partial charge on any atom is -0.352 e. The number of carbonyl (C=O) groups excluding carboxylic acids is 2. The second-order valence-corrected chi connectivity index (χ2v) is 6.21. The third-order valence-corrected chi connectivity index (χ3v) is 4.60. The molecule has 0 spiro atoms. The Balaban J connectivity index is 1.76. The van der Waals surface area contributed by atoms with Gasteiger partial charge in [-0.05, 0) is 26.8 Å². The van der Waals surface area contributed by atoms with Gasteiger partial charge in [0.25, 0.3) is 0 Å². The fourth-order valence-electron chi connectivity index (χ4n) is 2.96. The number of likely N-dealkylation sites (N-methyl/N-ethyl adjacent to an activating group) is 1.